The molecule has 2 rings (SSSR count). The summed E-state index contributed by atoms with van der Waals surface area (Å²) >= 11 is 6.97. The van der Waals surface area contributed by atoms with Gasteiger partial charge in [-0.15, -0.1) is 0 Å². The lowest BCUT2D eigenvalue weighted by atomic mass is 10.3. The van der Waals surface area contributed by atoms with Gasteiger partial charge in [0.2, 0.25) is 0 Å². The quantitative estimate of drug-likeness (QED) is 0.728. The van der Waals surface area contributed by atoms with Gasteiger partial charge in [-0.1, -0.05) is 0 Å². The van der Waals surface area contributed by atoms with E-state index in [2.05, 4.69) is 36.8 Å². The molecular weight excluding hydrogens is 284 g/mol. The standard InChI is InChI=1S/C8H6Br2N2/c1-5-6(9)4-12-3-2-11-8(12)7(5)10/h2-4H,1H3. The van der Waals surface area contributed by atoms with Gasteiger partial charge < -0.3 is 4.40 Å². The maximum absolute atomic E-state index is 4.22. The van der Waals surface area contributed by atoms with Crippen molar-refractivity contribution in [3.05, 3.63) is 33.1 Å². The minimum Gasteiger partial charge on any atom is -0.305 e. The van der Waals surface area contributed by atoms with E-state index in [1.54, 1.807) is 6.20 Å². The molecule has 0 aliphatic heterocycles. The van der Waals surface area contributed by atoms with E-state index in [1.165, 1.54) is 5.56 Å². The van der Waals surface area contributed by atoms with Crippen molar-refractivity contribution in [2.24, 2.45) is 0 Å². The zero-order valence-corrected chi connectivity index (χ0v) is 9.55. The van der Waals surface area contributed by atoms with Crippen LogP contribution in [0, 0.1) is 6.92 Å². The predicted octanol–water partition coefficient (Wildman–Crippen LogP) is 3.17. The van der Waals surface area contributed by atoms with Crippen LogP contribution in [0.5, 0.6) is 0 Å². The molecule has 0 aromatic carbocycles. The molecule has 0 atom stereocenters. The third-order valence-electron chi connectivity index (χ3n) is 1.80. The molecule has 0 unspecified atom stereocenters. The molecule has 2 aromatic rings. The van der Waals surface area contributed by atoms with E-state index in [0.29, 0.717) is 0 Å². The molecule has 0 spiro atoms. The number of hydrogen-bond acceptors (Lipinski definition) is 1. The summed E-state index contributed by atoms with van der Waals surface area (Å²) in [6, 6.07) is 0. The number of pyridine rings is 1. The Bertz CT molecular complexity index is 434. The fourth-order valence-electron chi connectivity index (χ4n) is 1.08. The molecular formula is C8H6Br2N2. The molecule has 2 aromatic heterocycles. The highest BCUT2D eigenvalue weighted by atomic mass is 79.9. The van der Waals surface area contributed by atoms with Crippen LogP contribution < -0.4 is 0 Å². The normalized spacial score (nSPS) is 10.9. The summed E-state index contributed by atoms with van der Waals surface area (Å²) in [6.07, 6.45) is 5.71. The van der Waals surface area contributed by atoms with Crippen LogP contribution in [0.15, 0.2) is 27.5 Å². The number of hydrogen-bond donors (Lipinski definition) is 0. The highest BCUT2D eigenvalue weighted by Gasteiger charge is 2.06. The first-order valence-electron chi connectivity index (χ1n) is 3.47. The molecule has 0 saturated heterocycles. The molecule has 0 amide bonds. The van der Waals surface area contributed by atoms with Gasteiger partial charge in [0, 0.05) is 23.1 Å². The van der Waals surface area contributed by atoms with Crippen LogP contribution in [-0.2, 0) is 0 Å². The van der Waals surface area contributed by atoms with Gasteiger partial charge in [-0.2, -0.15) is 0 Å². The molecule has 2 nitrogen and oxygen atoms in total. The molecule has 2 heterocycles. The number of aromatic nitrogens is 2. The Labute approximate surface area is 86.9 Å². The summed E-state index contributed by atoms with van der Waals surface area (Å²) in [5.74, 6) is 0. The first-order chi connectivity index (χ1) is 5.70. The van der Waals surface area contributed by atoms with E-state index in [-0.39, 0.29) is 0 Å². The summed E-state index contributed by atoms with van der Waals surface area (Å²) in [5, 5.41) is 0. The molecule has 0 aliphatic carbocycles. The number of rotatable bonds is 0. The molecule has 0 bridgehead atoms. The van der Waals surface area contributed by atoms with Crippen molar-refractivity contribution in [2.75, 3.05) is 0 Å². The third kappa shape index (κ3) is 1.10. The van der Waals surface area contributed by atoms with Crippen molar-refractivity contribution >= 4 is 37.5 Å². The Morgan fingerprint density at radius 2 is 2.17 bits per heavy atom. The largest absolute Gasteiger partial charge is 0.305 e. The van der Waals surface area contributed by atoms with Gasteiger partial charge in [0.1, 0.15) is 0 Å². The minimum absolute atomic E-state index is 0.954. The Morgan fingerprint density at radius 1 is 1.42 bits per heavy atom. The number of nitrogens with zero attached hydrogens (tertiary/aromatic N) is 2. The first-order valence-corrected chi connectivity index (χ1v) is 5.06. The van der Waals surface area contributed by atoms with Gasteiger partial charge in [0.15, 0.2) is 5.65 Å². The van der Waals surface area contributed by atoms with Crippen molar-refractivity contribution < 1.29 is 0 Å². The maximum Gasteiger partial charge on any atom is 0.151 e. The van der Waals surface area contributed by atoms with E-state index in [9.17, 15) is 0 Å². The fraction of sp³-hybridized carbons (Fsp3) is 0.125. The van der Waals surface area contributed by atoms with Crippen LogP contribution in [0.2, 0.25) is 0 Å². The van der Waals surface area contributed by atoms with Crippen LogP contribution in [0.3, 0.4) is 0 Å². The Kier molecular flexibility index (Phi) is 1.96. The lowest BCUT2D eigenvalue weighted by Crippen LogP contribution is -1.88. The Morgan fingerprint density at radius 3 is 2.92 bits per heavy atom. The van der Waals surface area contributed by atoms with Gasteiger partial charge in [-0.05, 0) is 44.3 Å². The number of fused-ring (bicyclic) bond motifs is 1. The second-order valence-electron chi connectivity index (χ2n) is 2.57. The van der Waals surface area contributed by atoms with Gasteiger partial charge >= 0.3 is 0 Å². The molecule has 12 heavy (non-hydrogen) atoms. The first kappa shape index (κ1) is 8.26. The average molecular weight is 290 g/mol. The van der Waals surface area contributed by atoms with E-state index < -0.39 is 0 Å². The van der Waals surface area contributed by atoms with E-state index in [4.69, 9.17) is 0 Å². The third-order valence-corrected chi connectivity index (χ3v) is 3.55. The summed E-state index contributed by atoms with van der Waals surface area (Å²) in [6.45, 7) is 2.04. The summed E-state index contributed by atoms with van der Waals surface area (Å²) < 4.78 is 4.10. The van der Waals surface area contributed by atoms with Crippen LogP contribution in [0.4, 0.5) is 0 Å². The molecule has 0 aliphatic rings. The lowest BCUT2D eigenvalue weighted by molar-refractivity contribution is 1.14. The fourth-order valence-corrected chi connectivity index (χ4v) is 2.28. The molecule has 4 heteroatoms. The maximum atomic E-state index is 4.22. The van der Waals surface area contributed by atoms with Crippen LogP contribution in [0.25, 0.3) is 5.65 Å². The highest BCUT2D eigenvalue weighted by Crippen LogP contribution is 2.27. The zero-order valence-electron chi connectivity index (χ0n) is 6.38. The summed E-state index contributed by atoms with van der Waals surface area (Å²) in [4.78, 5) is 4.22. The van der Waals surface area contributed by atoms with Crippen molar-refractivity contribution in [1.82, 2.24) is 9.38 Å². The zero-order chi connectivity index (χ0) is 8.72. The lowest BCUT2D eigenvalue weighted by Gasteiger charge is -2.03. The van der Waals surface area contributed by atoms with Gasteiger partial charge in [-0.3, -0.25) is 0 Å². The van der Waals surface area contributed by atoms with E-state index >= 15 is 0 Å². The Hall–Kier alpha value is -0.350. The molecule has 0 fully saturated rings. The van der Waals surface area contributed by atoms with Crippen molar-refractivity contribution in [1.29, 1.82) is 0 Å². The minimum atomic E-state index is 0.954. The van der Waals surface area contributed by atoms with Gasteiger partial charge in [0.05, 0.1) is 4.47 Å². The van der Waals surface area contributed by atoms with Crippen molar-refractivity contribution in [2.45, 2.75) is 6.92 Å². The van der Waals surface area contributed by atoms with Gasteiger partial charge in [-0.25, -0.2) is 4.98 Å². The van der Waals surface area contributed by atoms with E-state index in [0.717, 1.165) is 14.6 Å². The van der Waals surface area contributed by atoms with Crippen LogP contribution in [0.1, 0.15) is 5.56 Å². The predicted molar refractivity (Wildman–Crippen MR) is 55.3 cm³/mol. The molecule has 0 N–H and O–H groups in total. The smallest absolute Gasteiger partial charge is 0.151 e. The van der Waals surface area contributed by atoms with Crippen molar-refractivity contribution in [3.8, 4) is 0 Å². The van der Waals surface area contributed by atoms with Gasteiger partial charge in [0.25, 0.3) is 0 Å². The molecule has 0 saturated carbocycles. The van der Waals surface area contributed by atoms with Crippen molar-refractivity contribution in [3.63, 3.8) is 0 Å². The number of imidazole rings is 1. The molecule has 0 radical (unpaired) electrons. The topological polar surface area (TPSA) is 17.3 Å². The summed E-state index contributed by atoms with van der Waals surface area (Å²) in [5.41, 5.74) is 2.13. The second-order valence-corrected chi connectivity index (χ2v) is 4.22. The van der Waals surface area contributed by atoms with Crippen LogP contribution in [-0.4, -0.2) is 9.38 Å². The highest BCUT2D eigenvalue weighted by molar-refractivity contribution is 9.11. The second kappa shape index (κ2) is 2.85. The number of halogens is 2. The molecule has 62 valence electrons. The summed E-state index contributed by atoms with van der Waals surface area (Å²) in [7, 11) is 0. The average Bonchev–Trinajstić information content (AvgIpc) is 2.48. The van der Waals surface area contributed by atoms with E-state index in [1.807, 2.05) is 23.7 Å². The monoisotopic (exact) mass is 288 g/mol. The van der Waals surface area contributed by atoms with Crippen LogP contribution >= 0.6 is 31.9 Å². The Balaban J connectivity index is 2.94. The SMILES string of the molecule is Cc1c(Br)cn2ccnc2c1Br.